The monoisotopic (exact) mass is 406 g/mol. The second-order valence-corrected chi connectivity index (χ2v) is 5.74. The molecule has 0 amide bonds. The number of benzene rings is 2. The van der Waals surface area contributed by atoms with Gasteiger partial charge in [-0.25, -0.2) is 9.59 Å². The zero-order valence-corrected chi connectivity index (χ0v) is 16.0. The molecule has 0 fully saturated rings. The van der Waals surface area contributed by atoms with Crippen molar-refractivity contribution in [2.75, 3.05) is 35.2 Å². The number of rotatable bonds is 7. The number of carboxylic acids is 2. The minimum Gasteiger partial charge on any atom is -0.493 e. The molecule has 0 unspecified atom stereocenters. The molecule has 0 saturated carbocycles. The summed E-state index contributed by atoms with van der Waals surface area (Å²) in [4.78, 5) is 24.1. The minimum absolute atomic E-state index is 0.00887. The fourth-order valence-electron chi connectivity index (χ4n) is 3.20. The van der Waals surface area contributed by atoms with Crippen LogP contribution in [0.2, 0.25) is 0 Å². The van der Waals surface area contributed by atoms with Crippen LogP contribution in [0.1, 0.15) is 20.7 Å². The largest absolute Gasteiger partial charge is 0.493 e. The molecule has 3 rings (SSSR count). The Morgan fingerprint density at radius 3 is 1.86 bits per heavy atom. The van der Waals surface area contributed by atoms with Crippen LogP contribution in [0, 0.1) is 0 Å². The highest BCUT2D eigenvalue weighted by molar-refractivity contribution is 6.07. The average molecular weight is 406 g/mol. The molecule has 1 heterocycles. The van der Waals surface area contributed by atoms with E-state index in [1.54, 1.807) is 0 Å². The molecule has 1 aliphatic heterocycles. The molecular formula is C19H18O10. The predicted octanol–water partition coefficient (Wildman–Crippen LogP) is 2.51. The van der Waals surface area contributed by atoms with Crippen molar-refractivity contribution < 1.29 is 48.2 Å². The number of aromatic carboxylic acids is 2. The van der Waals surface area contributed by atoms with Crippen molar-refractivity contribution in [3.05, 3.63) is 23.3 Å². The fraction of sp³-hybridized carbons (Fsp3) is 0.263. The molecule has 0 spiro atoms. The average Bonchev–Trinajstić information content (AvgIpc) is 3.18. The van der Waals surface area contributed by atoms with E-state index >= 15 is 0 Å². The van der Waals surface area contributed by atoms with E-state index in [1.807, 2.05) is 0 Å². The zero-order chi connectivity index (χ0) is 21.3. The van der Waals surface area contributed by atoms with Crippen LogP contribution >= 0.6 is 0 Å². The van der Waals surface area contributed by atoms with Gasteiger partial charge in [-0.1, -0.05) is 0 Å². The Balaban J connectivity index is 2.54. The van der Waals surface area contributed by atoms with E-state index in [1.165, 1.54) is 40.6 Å². The van der Waals surface area contributed by atoms with E-state index in [4.69, 9.17) is 28.4 Å². The summed E-state index contributed by atoms with van der Waals surface area (Å²) < 4.78 is 32.1. The maximum atomic E-state index is 12.0. The lowest BCUT2D eigenvalue weighted by Crippen LogP contribution is -2.09. The summed E-state index contributed by atoms with van der Waals surface area (Å²) in [6, 6.07) is 2.46. The van der Waals surface area contributed by atoms with Crippen molar-refractivity contribution >= 4 is 11.9 Å². The highest BCUT2D eigenvalue weighted by Gasteiger charge is 2.34. The number of carboxylic acid groups (broad SMARTS) is 2. The van der Waals surface area contributed by atoms with Gasteiger partial charge in [0.1, 0.15) is 0 Å². The number of ether oxygens (including phenoxy) is 6. The Bertz CT molecular complexity index is 995. The number of hydrogen-bond acceptors (Lipinski definition) is 8. The third kappa shape index (κ3) is 3.08. The van der Waals surface area contributed by atoms with E-state index in [0.29, 0.717) is 0 Å². The summed E-state index contributed by atoms with van der Waals surface area (Å²) >= 11 is 0. The molecule has 0 bridgehead atoms. The van der Waals surface area contributed by atoms with Gasteiger partial charge in [-0.15, -0.1) is 0 Å². The second kappa shape index (κ2) is 7.66. The molecule has 0 atom stereocenters. The van der Waals surface area contributed by atoms with Crippen LogP contribution in [0.25, 0.3) is 11.1 Å². The van der Waals surface area contributed by atoms with Crippen molar-refractivity contribution in [1.29, 1.82) is 0 Å². The summed E-state index contributed by atoms with van der Waals surface area (Å²) in [5.74, 6) is -2.21. The molecule has 2 aromatic carbocycles. The van der Waals surface area contributed by atoms with E-state index in [-0.39, 0.29) is 63.5 Å². The van der Waals surface area contributed by atoms with Gasteiger partial charge in [-0.2, -0.15) is 0 Å². The van der Waals surface area contributed by atoms with Gasteiger partial charge in [0.25, 0.3) is 0 Å². The van der Waals surface area contributed by atoms with Gasteiger partial charge in [0, 0.05) is 11.1 Å². The SMILES string of the molecule is COc1cc(C(=O)O)c(-c2c(C(=O)O)cc3c(c2OC)OCO3)c(OC)c1OC. The first kappa shape index (κ1) is 19.9. The molecule has 29 heavy (non-hydrogen) atoms. The highest BCUT2D eigenvalue weighted by Crippen LogP contribution is 2.55. The van der Waals surface area contributed by atoms with Crippen molar-refractivity contribution in [3.8, 4) is 45.6 Å². The third-order valence-corrected chi connectivity index (χ3v) is 4.36. The topological polar surface area (TPSA) is 130 Å². The van der Waals surface area contributed by atoms with Crippen molar-refractivity contribution in [2.45, 2.75) is 0 Å². The number of methoxy groups -OCH3 is 4. The summed E-state index contributed by atoms with van der Waals surface area (Å²) in [7, 11) is 5.29. The Hall–Kier alpha value is -3.82. The van der Waals surface area contributed by atoms with Crippen LogP contribution in [0.3, 0.4) is 0 Å². The molecule has 0 aliphatic carbocycles. The maximum Gasteiger partial charge on any atom is 0.336 e. The molecule has 2 aromatic rings. The van der Waals surface area contributed by atoms with Gasteiger partial charge in [0.05, 0.1) is 39.6 Å². The molecule has 2 N–H and O–H groups in total. The van der Waals surface area contributed by atoms with E-state index < -0.39 is 11.9 Å². The predicted molar refractivity (Wildman–Crippen MR) is 98.1 cm³/mol. The van der Waals surface area contributed by atoms with Crippen LogP contribution in [0.5, 0.6) is 34.5 Å². The Morgan fingerprint density at radius 1 is 0.793 bits per heavy atom. The lowest BCUT2D eigenvalue weighted by molar-refractivity contribution is 0.0683. The summed E-state index contributed by atoms with van der Waals surface area (Å²) in [6.07, 6.45) is 0. The molecule has 0 saturated heterocycles. The van der Waals surface area contributed by atoms with Gasteiger partial charge in [-0.3, -0.25) is 0 Å². The quantitative estimate of drug-likeness (QED) is 0.707. The Kier molecular flexibility index (Phi) is 5.26. The van der Waals surface area contributed by atoms with Gasteiger partial charge in [-0.05, 0) is 12.1 Å². The number of carbonyl (C=O) groups is 2. The fourth-order valence-corrected chi connectivity index (χ4v) is 3.20. The van der Waals surface area contributed by atoms with Crippen LogP contribution < -0.4 is 28.4 Å². The van der Waals surface area contributed by atoms with Crippen molar-refractivity contribution in [3.63, 3.8) is 0 Å². The van der Waals surface area contributed by atoms with Crippen LogP contribution in [0.4, 0.5) is 0 Å². The normalized spacial score (nSPS) is 11.7. The first-order valence-corrected chi connectivity index (χ1v) is 8.20. The van der Waals surface area contributed by atoms with E-state index in [9.17, 15) is 19.8 Å². The van der Waals surface area contributed by atoms with E-state index in [0.717, 1.165) is 0 Å². The smallest absolute Gasteiger partial charge is 0.336 e. The van der Waals surface area contributed by atoms with Gasteiger partial charge < -0.3 is 38.6 Å². The first-order valence-electron chi connectivity index (χ1n) is 8.20. The molecule has 10 nitrogen and oxygen atoms in total. The molecule has 10 heteroatoms. The zero-order valence-electron chi connectivity index (χ0n) is 16.0. The number of fused-ring (bicyclic) bond motifs is 1. The molecule has 0 aromatic heterocycles. The lowest BCUT2D eigenvalue weighted by Gasteiger charge is -2.21. The molecule has 1 aliphatic rings. The highest BCUT2D eigenvalue weighted by atomic mass is 16.7. The Morgan fingerprint density at radius 2 is 1.34 bits per heavy atom. The lowest BCUT2D eigenvalue weighted by atomic mass is 9.91. The molecule has 154 valence electrons. The van der Waals surface area contributed by atoms with E-state index in [2.05, 4.69) is 0 Å². The maximum absolute atomic E-state index is 12.0. The summed E-state index contributed by atoms with van der Waals surface area (Å²) in [5, 5.41) is 19.6. The van der Waals surface area contributed by atoms with Crippen LogP contribution in [-0.2, 0) is 0 Å². The van der Waals surface area contributed by atoms with Crippen LogP contribution in [-0.4, -0.2) is 57.4 Å². The standard InChI is InChI=1S/C19H18O10/c1-24-10-5-8(18(20)21)12(16(26-3)14(10)25-2)13-9(19(22)23)6-11-15(17(13)27-4)29-7-28-11/h5-6H,7H2,1-4H3,(H,20,21)(H,22,23). The number of hydrogen-bond donors (Lipinski definition) is 2. The van der Waals surface area contributed by atoms with Crippen molar-refractivity contribution in [1.82, 2.24) is 0 Å². The van der Waals surface area contributed by atoms with Gasteiger partial charge in [0.15, 0.2) is 23.0 Å². The van der Waals surface area contributed by atoms with Gasteiger partial charge >= 0.3 is 11.9 Å². The summed E-state index contributed by atoms with van der Waals surface area (Å²) in [5.41, 5.74) is -0.664. The van der Waals surface area contributed by atoms with Crippen LogP contribution in [0.15, 0.2) is 12.1 Å². The minimum atomic E-state index is -1.34. The summed E-state index contributed by atoms with van der Waals surface area (Å²) in [6.45, 7) is -0.136. The van der Waals surface area contributed by atoms with Crippen molar-refractivity contribution in [2.24, 2.45) is 0 Å². The molecular weight excluding hydrogens is 388 g/mol. The van der Waals surface area contributed by atoms with Gasteiger partial charge in [0.2, 0.25) is 18.3 Å². The molecule has 0 radical (unpaired) electrons. The first-order chi connectivity index (χ1) is 13.9. The Labute approximate surface area is 165 Å². The second-order valence-electron chi connectivity index (χ2n) is 5.74. The third-order valence-electron chi connectivity index (χ3n) is 4.36.